The number of anilines is 1. The fourth-order valence-corrected chi connectivity index (χ4v) is 2.83. The van der Waals surface area contributed by atoms with Crippen LogP contribution in [0.15, 0.2) is 35.5 Å². The van der Waals surface area contributed by atoms with Crippen LogP contribution in [0.3, 0.4) is 0 Å². The quantitative estimate of drug-likeness (QED) is 0.240. The lowest BCUT2D eigenvalue weighted by Crippen LogP contribution is -2.30. The van der Waals surface area contributed by atoms with Gasteiger partial charge in [0.25, 0.3) is 0 Å². The zero-order valence-corrected chi connectivity index (χ0v) is 18.6. The number of ether oxygens (including phenoxy) is 2. The van der Waals surface area contributed by atoms with E-state index in [0.717, 1.165) is 35.4 Å². The highest BCUT2D eigenvalue weighted by atomic mass is 127. The number of thiazole rings is 1. The highest BCUT2D eigenvalue weighted by molar-refractivity contribution is 14.0. The molecular formula is C18H27IN4O2S. The average Bonchev–Trinajstić information content (AvgIpc) is 3.03. The van der Waals surface area contributed by atoms with E-state index in [9.17, 15) is 0 Å². The maximum Gasteiger partial charge on any atom is 0.196 e. The second-order valence-corrected chi connectivity index (χ2v) is 6.73. The smallest absolute Gasteiger partial charge is 0.196 e. The third kappa shape index (κ3) is 8.33. The second kappa shape index (κ2) is 12.9. The largest absolute Gasteiger partial charge is 0.493 e. The Morgan fingerprint density at radius 2 is 2.15 bits per heavy atom. The summed E-state index contributed by atoms with van der Waals surface area (Å²) in [7, 11) is 1.69. The fraction of sp³-hybridized carbons (Fsp3) is 0.444. The van der Waals surface area contributed by atoms with Crippen LogP contribution in [0.1, 0.15) is 23.2 Å². The topological polar surface area (TPSA) is 67.8 Å². The lowest BCUT2D eigenvalue weighted by molar-refractivity contribution is 0.172. The van der Waals surface area contributed by atoms with Gasteiger partial charge >= 0.3 is 0 Å². The summed E-state index contributed by atoms with van der Waals surface area (Å²) in [6.45, 7) is 6.77. The Morgan fingerprint density at radius 3 is 2.85 bits per heavy atom. The van der Waals surface area contributed by atoms with E-state index in [-0.39, 0.29) is 24.0 Å². The normalized spacial score (nSPS) is 11.0. The molecule has 2 N–H and O–H groups in total. The summed E-state index contributed by atoms with van der Waals surface area (Å²) < 4.78 is 10.8. The molecule has 0 unspecified atom stereocenters. The van der Waals surface area contributed by atoms with E-state index in [4.69, 9.17) is 9.47 Å². The number of rotatable bonds is 9. The SMILES string of the molecule is CCNC(=NCc1ncc(C)s1)Nc1cccc(OCCCOC)c1.I. The molecule has 0 aliphatic rings. The third-order valence-corrected chi connectivity index (χ3v) is 4.14. The molecule has 0 fully saturated rings. The van der Waals surface area contributed by atoms with Gasteiger partial charge in [-0.1, -0.05) is 6.07 Å². The summed E-state index contributed by atoms with van der Waals surface area (Å²) in [5.74, 6) is 1.55. The Balaban J connectivity index is 0.00000338. The molecule has 2 rings (SSSR count). The maximum absolute atomic E-state index is 5.73. The molecule has 0 aliphatic carbocycles. The van der Waals surface area contributed by atoms with Crippen molar-refractivity contribution in [2.45, 2.75) is 26.8 Å². The second-order valence-electron chi connectivity index (χ2n) is 5.41. The first-order chi connectivity index (χ1) is 12.2. The Kier molecular flexibility index (Phi) is 11.2. The molecule has 1 aromatic carbocycles. The van der Waals surface area contributed by atoms with Crippen molar-refractivity contribution in [3.8, 4) is 5.75 Å². The van der Waals surface area contributed by atoms with Crippen molar-refractivity contribution >= 4 is 47.0 Å². The molecule has 0 bridgehead atoms. The number of methoxy groups -OCH3 is 1. The van der Waals surface area contributed by atoms with E-state index in [1.165, 1.54) is 4.88 Å². The summed E-state index contributed by atoms with van der Waals surface area (Å²) >= 11 is 1.67. The van der Waals surface area contributed by atoms with Crippen LogP contribution < -0.4 is 15.4 Å². The molecule has 0 atom stereocenters. The van der Waals surface area contributed by atoms with Crippen molar-refractivity contribution in [2.24, 2.45) is 4.99 Å². The van der Waals surface area contributed by atoms with Crippen LogP contribution in [-0.2, 0) is 11.3 Å². The van der Waals surface area contributed by atoms with Crippen molar-refractivity contribution in [2.75, 3.05) is 32.2 Å². The standard InChI is InChI=1S/C18H26N4O2S.HI/c1-4-19-18(21-13-17-20-12-14(2)25-17)22-15-7-5-8-16(11-15)24-10-6-9-23-3;/h5,7-8,11-12H,4,6,9-10,13H2,1-3H3,(H2,19,21,22);1H. The van der Waals surface area contributed by atoms with E-state index in [0.29, 0.717) is 19.8 Å². The van der Waals surface area contributed by atoms with Gasteiger partial charge in [-0.3, -0.25) is 0 Å². The summed E-state index contributed by atoms with van der Waals surface area (Å²) in [5.41, 5.74) is 0.930. The average molecular weight is 490 g/mol. The number of aryl methyl sites for hydroxylation is 1. The minimum absolute atomic E-state index is 0. The predicted molar refractivity (Wildman–Crippen MR) is 119 cm³/mol. The van der Waals surface area contributed by atoms with Crippen LogP contribution in [0.5, 0.6) is 5.75 Å². The van der Waals surface area contributed by atoms with E-state index < -0.39 is 0 Å². The fourth-order valence-electron chi connectivity index (χ4n) is 2.12. The zero-order valence-electron chi connectivity index (χ0n) is 15.4. The minimum atomic E-state index is 0. The molecule has 144 valence electrons. The van der Waals surface area contributed by atoms with Crippen LogP contribution in [0.25, 0.3) is 0 Å². The van der Waals surface area contributed by atoms with Crippen molar-refractivity contribution in [3.05, 3.63) is 40.3 Å². The van der Waals surface area contributed by atoms with Gasteiger partial charge in [0.15, 0.2) is 5.96 Å². The lowest BCUT2D eigenvalue weighted by Gasteiger charge is -2.12. The number of nitrogens with one attached hydrogen (secondary N) is 2. The molecule has 6 nitrogen and oxygen atoms in total. The van der Waals surface area contributed by atoms with Gasteiger partial charge in [-0.25, -0.2) is 9.98 Å². The van der Waals surface area contributed by atoms with Crippen molar-refractivity contribution in [1.29, 1.82) is 0 Å². The number of halogens is 1. The Hall–Kier alpha value is -1.39. The first-order valence-corrected chi connectivity index (χ1v) is 9.21. The zero-order chi connectivity index (χ0) is 17.9. The number of benzene rings is 1. The number of guanidine groups is 1. The number of aromatic nitrogens is 1. The van der Waals surface area contributed by atoms with Crippen LogP contribution in [-0.4, -0.2) is 37.8 Å². The molecular weight excluding hydrogens is 463 g/mol. The van der Waals surface area contributed by atoms with E-state index in [2.05, 4.69) is 20.6 Å². The first kappa shape index (κ1) is 22.7. The highest BCUT2D eigenvalue weighted by Crippen LogP contribution is 2.18. The molecule has 0 aliphatic heterocycles. The maximum atomic E-state index is 5.73. The number of hydrogen-bond donors (Lipinski definition) is 2. The first-order valence-electron chi connectivity index (χ1n) is 8.39. The summed E-state index contributed by atoms with van der Waals surface area (Å²) in [4.78, 5) is 10.1. The molecule has 1 heterocycles. The minimum Gasteiger partial charge on any atom is -0.493 e. The van der Waals surface area contributed by atoms with Gasteiger partial charge in [-0.15, -0.1) is 35.3 Å². The Morgan fingerprint density at radius 1 is 1.31 bits per heavy atom. The van der Waals surface area contributed by atoms with Crippen LogP contribution in [0.2, 0.25) is 0 Å². The van der Waals surface area contributed by atoms with Gasteiger partial charge in [0.05, 0.1) is 13.2 Å². The molecule has 26 heavy (non-hydrogen) atoms. The van der Waals surface area contributed by atoms with Crippen molar-refractivity contribution in [1.82, 2.24) is 10.3 Å². The van der Waals surface area contributed by atoms with E-state index in [1.54, 1.807) is 18.4 Å². The molecule has 1 aromatic heterocycles. The number of aliphatic imine (C=N–C) groups is 1. The van der Waals surface area contributed by atoms with Gasteiger partial charge in [0.2, 0.25) is 0 Å². The Labute approximate surface area is 176 Å². The summed E-state index contributed by atoms with van der Waals surface area (Å²) in [6, 6.07) is 7.86. The van der Waals surface area contributed by atoms with Crippen LogP contribution >= 0.6 is 35.3 Å². The van der Waals surface area contributed by atoms with Gasteiger partial charge in [-0.2, -0.15) is 0 Å². The Bertz CT molecular complexity index is 679. The predicted octanol–water partition coefficient (Wildman–Crippen LogP) is 4.06. The summed E-state index contributed by atoms with van der Waals surface area (Å²) in [5, 5.41) is 7.56. The van der Waals surface area contributed by atoms with Crippen molar-refractivity contribution in [3.63, 3.8) is 0 Å². The van der Waals surface area contributed by atoms with Crippen LogP contribution in [0, 0.1) is 6.92 Å². The molecule has 0 saturated carbocycles. The third-order valence-electron chi connectivity index (χ3n) is 3.24. The summed E-state index contributed by atoms with van der Waals surface area (Å²) in [6.07, 6.45) is 2.74. The van der Waals surface area contributed by atoms with Crippen molar-refractivity contribution < 1.29 is 9.47 Å². The van der Waals surface area contributed by atoms with Gasteiger partial charge in [0, 0.05) is 49.5 Å². The molecule has 8 heteroatoms. The van der Waals surface area contributed by atoms with Gasteiger partial charge in [-0.05, 0) is 26.0 Å². The monoisotopic (exact) mass is 490 g/mol. The molecule has 0 radical (unpaired) electrons. The van der Waals surface area contributed by atoms with Gasteiger partial charge < -0.3 is 20.1 Å². The molecule has 0 amide bonds. The molecule has 0 saturated heterocycles. The highest BCUT2D eigenvalue weighted by Gasteiger charge is 2.03. The van der Waals surface area contributed by atoms with E-state index >= 15 is 0 Å². The number of hydrogen-bond acceptors (Lipinski definition) is 5. The van der Waals surface area contributed by atoms with E-state index in [1.807, 2.05) is 44.3 Å². The van der Waals surface area contributed by atoms with Crippen LogP contribution in [0.4, 0.5) is 5.69 Å². The molecule has 0 spiro atoms. The lowest BCUT2D eigenvalue weighted by atomic mass is 10.3. The molecule has 2 aromatic rings. The number of nitrogens with zero attached hydrogens (tertiary/aromatic N) is 2. The van der Waals surface area contributed by atoms with Gasteiger partial charge in [0.1, 0.15) is 10.8 Å².